The highest BCUT2D eigenvalue weighted by Crippen LogP contribution is 1.95. The van der Waals surface area contributed by atoms with Gasteiger partial charge in [-0.1, -0.05) is 0 Å². The van der Waals surface area contributed by atoms with Crippen LogP contribution in [-0.2, 0) is 9.59 Å². The number of aliphatic carboxylic acids is 1. The van der Waals surface area contributed by atoms with Gasteiger partial charge in [0.1, 0.15) is 0 Å². The lowest BCUT2D eigenvalue weighted by atomic mass is 10.2. The maximum absolute atomic E-state index is 11.3. The fourth-order valence-corrected chi connectivity index (χ4v) is 0.379. The summed E-state index contributed by atoms with van der Waals surface area (Å²) in [5, 5.41) is 7.99. The molecular formula is C5H7FO3. The Morgan fingerprint density at radius 2 is 1.89 bits per heavy atom. The van der Waals surface area contributed by atoms with Crippen molar-refractivity contribution in [1.82, 2.24) is 0 Å². The smallest absolute Gasteiger partial charge is 0.303 e. The molecule has 0 aliphatic rings. The molecule has 0 bridgehead atoms. The Labute approximate surface area is 51.5 Å². The van der Waals surface area contributed by atoms with Crippen molar-refractivity contribution < 1.29 is 19.1 Å². The molecule has 9 heavy (non-hydrogen) atoms. The number of halogens is 1. The first-order valence-electron chi connectivity index (χ1n) is 2.53. The quantitative estimate of drug-likeness (QED) is 0.577. The van der Waals surface area contributed by atoms with E-state index in [0.29, 0.717) is 0 Å². The highest BCUT2D eigenvalue weighted by atomic mass is 19.1. The van der Waals surface area contributed by atoms with Gasteiger partial charge < -0.3 is 5.11 Å². The van der Waals surface area contributed by atoms with E-state index in [2.05, 4.69) is 0 Å². The first kappa shape index (κ1) is 8.07. The van der Waals surface area contributed by atoms with Crippen molar-refractivity contribution in [2.75, 3.05) is 0 Å². The first-order chi connectivity index (χ1) is 4.13. The molecule has 0 aromatic carbocycles. The molecule has 0 saturated heterocycles. The summed E-state index contributed by atoms with van der Waals surface area (Å²) in [6.45, 7) is 0. The van der Waals surface area contributed by atoms with Crippen molar-refractivity contribution in [2.24, 2.45) is 0 Å². The second kappa shape index (κ2) is 4.00. The third-order valence-electron chi connectivity index (χ3n) is 0.764. The van der Waals surface area contributed by atoms with Crippen LogP contribution in [0.15, 0.2) is 0 Å². The van der Waals surface area contributed by atoms with Gasteiger partial charge in [0.05, 0.1) is 0 Å². The summed E-state index contributed by atoms with van der Waals surface area (Å²) in [6.07, 6.45) is -0.341. The van der Waals surface area contributed by atoms with Crippen LogP contribution in [0, 0.1) is 0 Å². The van der Waals surface area contributed by atoms with Gasteiger partial charge in [-0.05, 0) is 6.42 Å². The van der Waals surface area contributed by atoms with E-state index in [0.717, 1.165) is 0 Å². The van der Waals surface area contributed by atoms with Gasteiger partial charge in [0.15, 0.2) is 0 Å². The van der Waals surface area contributed by atoms with E-state index in [4.69, 9.17) is 5.11 Å². The lowest BCUT2D eigenvalue weighted by Gasteiger charge is -1.87. The van der Waals surface area contributed by atoms with Gasteiger partial charge >= 0.3 is 12.0 Å². The van der Waals surface area contributed by atoms with Gasteiger partial charge in [-0.3, -0.25) is 9.59 Å². The molecule has 0 amide bonds. The number of carbonyl (C=O) groups is 2. The molecule has 0 unspecified atom stereocenters. The third kappa shape index (κ3) is 7.07. The molecule has 0 aliphatic heterocycles. The highest BCUT2D eigenvalue weighted by molar-refractivity contribution is 5.70. The molecule has 1 N–H and O–H groups in total. The molecule has 0 saturated carbocycles. The summed E-state index contributed by atoms with van der Waals surface area (Å²) in [6, 6.07) is -1.45. The van der Waals surface area contributed by atoms with Crippen LogP contribution in [-0.4, -0.2) is 17.1 Å². The van der Waals surface area contributed by atoms with Crippen LogP contribution in [0.4, 0.5) is 4.39 Å². The third-order valence-corrected chi connectivity index (χ3v) is 0.764. The van der Waals surface area contributed by atoms with Gasteiger partial charge in [-0.15, -0.1) is 0 Å². The predicted molar refractivity (Wildman–Crippen MR) is 27.6 cm³/mol. The molecule has 3 nitrogen and oxygen atoms in total. The van der Waals surface area contributed by atoms with Crippen LogP contribution in [0.2, 0.25) is 0 Å². The number of rotatable bonds is 4. The average Bonchev–Trinajstić information content (AvgIpc) is 1.63. The first-order valence-corrected chi connectivity index (χ1v) is 2.53. The van der Waals surface area contributed by atoms with Crippen LogP contribution in [0.3, 0.4) is 0 Å². The van der Waals surface area contributed by atoms with E-state index in [1.165, 1.54) is 0 Å². The summed E-state index contributed by atoms with van der Waals surface area (Å²) in [5.41, 5.74) is 0. The van der Waals surface area contributed by atoms with E-state index in [9.17, 15) is 14.0 Å². The second-order valence-electron chi connectivity index (χ2n) is 1.60. The van der Waals surface area contributed by atoms with Gasteiger partial charge in [0.25, 0.3) is 0 Å². The van der Waals surface area contributed by atoms with Crippen LogP contribution in [0.25, 0.3) is 0 Å². The van der Waals surface area contributed by atoms with E-state index in [1.54, 1.807) is 0 Å². The van der Waals surface area contributed by atoms with Gasteiger partial charge in [-0.25, -0.2) is 0 Å². The fraction of sp³-hybridized carbons (Fsp3) is 0.600. The topological polar surface area (TPSA) is 54.4 Å². The van der Waals surface area contributed by atoms with Crippen LogP contribution in [0.1, 0.15) is 19.3 Å². The molecule has 0 aromatic rings. The van der Waals surface area contributed by atoms with Crippen molar-refractivity contribution in [1.29, 1.82) is 0 Å². The minimum absolute atomic E-state index is 0.0880. The number of hydrogen-bond acceptors (Lipinski definition) is 2. The average molecular weight is 134 g/mol. The Bertz CT molecular complexity index is 107. The molecule has 0 radical (unpaired) electrons. The van der Waals surface area contributed by atoms with Crippen LogP contribution < -0.4 is 0 Å². The largest absolute Gasteiger partial charge is 0.481 e. The lowest BCUT2D eigenvalue weighted by Crippen LogP contribution is -1.96. The fourth-order valence-electron chi connectivity index (χ4n) is 0.379. The molecule has 0 rings (SSSR count). The zero-order chi connectivity index (χ0) is 7.28. The zero-order valence-corrected chi connectivity index (χ0v) is 4.76. The van der Waals surface area contributed by atoms with Crippen LogP contribution in [0.5, 0.6) is 0 Å². The number of carboxylic acids is 1. The molecule has 52 valence electrons. The second-order valence-corrected chi connectivity index (χ2v) is 1.60. The number of hydrogen-bond donors (Lipinski definition) is 1. The Morgan fingerprint density at radius 3 is 2.22 bits per heavy atom. The van der Waals surface area contributed by atoms with Gasteiger partial charge in [0, 0.05) is 12.8 Å². The molecule has 0 fully saturated rings. The maximum Gasteiger partial charge on any atom is 0.303 e. The maximum atomic E-state index is 11.3. The Hall–Kier alpha value is -0.930. The molecule has 0 heterocycles. The minimum Gasteiger partial charge on any atom is -0.481 e. The zero-order valence-electron chi connectivity index (χ0n) is 4.76. The Morgan fingerprint density at radius 1 is 1.33 bits per heavy atom. The lowest BCUT2D eigenvalue weighted by molar-refractivity contribution is -0.137. The summed E-state index contributed by atoms with van der Waals surface area (Å²) in [4.78, 5) is 19.3. The summed E-state index contributed by atoms with van der Waals surface area (Å²) in [7, 11) is 0. The van der Waals surface area contributed by atoms with Gasteiger partial charge in [0.2, 0.25) is 0 Å². The molecule has 0 aromatic heterocycles. The van der Waals surface area contributed by atoms with Crippen molar-refractivity contribution in [3.8, 4) is 0 Å². The molecular weight excluding hydrogens is 127 g/mol. The minimum atomic E-state index is -1.45. The summed E-state index contributed by atoms with van der Waals surface area (Å²) < 4.78 is 11.3. The predicted octanol–water partition coefficient (Wildman–Crippen LogP) is 0.737. The molecule has 0 atom stereocenters. The van der Waals surface area contributed by atoms with Crippen molar-refractivity contribution >= 4 is 12.0 Å². The number of carboxylic acid groups (broad SMARTS) is 1. The molecule has 0 aliphatic carbocycles. The SMILES string of the molecule is O=C(O)CCCC(=O)F. The molecule has 0 spiro atoms. The Balaban J connectivity index is 3.10. The van der Waals surface area contributed by atoms with Crippen molar-refractivity contribution in [3.63, 3.8) is 0 Å². The van der Waals surface area contributed by atoms with Crippen molar-refractivity contribution in [3.05, 3.63) is 0 Å². The summed E-state index contributed by atoms with van der Waals surface area (Å²) in [5.74, 6) is -1.00. The van der Waals surface area contributed by atoms with Crippen LogP contribution >= 0.6 is 0 Å². The van der Waals surface area contributed by atoms with E-state index in [1.807, 2.05) is 0 Å². The monoisotopic (exact) mass is 134 g/mol. The van der Waals surface area contributed by atoms with Crippen molar-refractivity contribution in [2.45, 2.75) is 19.3 Å². The highest BCUT2D eigenvalue weighted by Gasteiger charge is 2.00. The van der Waals surface area contributed by atoms with Gasteiger partial charge in [-0.2, -0.15) is 4.39 Å². The van der Waals surface area contributed by atoms with E-state index in [-0.39, 0.29) is 19.3 Å². The molecule has 4 heteroatoms. The normalized spacial score (nSPS) is 9.00. The summed E-state index contributed by atoms with van der Waals surface area (Å²) >= 11 is 0. The van der Waals surface area contributed by atoms with E-state index < -0.39 is 12.0 Å². The number of carbonyl (C=O) groups excluding carboxylic acids is 1. The standard InChI is InChI=1S/C5H7FO3/c6-4(7)2-1-3-5(8)9/h1-3H2,(H,8,9). The Kier molecular flexibility index (Phi) is 3.59. The van der Waals surface area contributed by atoms with E-state index >= 15 is 0 Å².